The highest BCUT2D eigenvalue weighted by Gasteiger charge is 2.37. The summed E-state index contributed by atoms with van der Waals surface area (Å²) in [5, 5.41) is 3.64. The van der Waals surface area contributed by atoms with Crippen LogP contribution in [0.1, 0.15) is 44.9 Å². The van der Waals surface area contributed by atoms with Gasteiger partial charge in [-0.25, -0.2) is 0 Å². The van der Waals surface area contributed by atoms with E-state index in [2.05, 4.69) is 5.32 Å². The Morgan fingerprint density at radius 2 is 2.13 bits per heavy atom. The molecule has 2 aliphatic rings. The normalized spacial score (nSPS) is 34.8. The van der Waals surface area contributed by atoms with E-state index >= 15 is 0 Å². The Bertz CT molecular complexity index is 198. The van der Waals surface area contributed by atoms with Gasteiger partial charge in [-0.15, -0.1) is 0 Å². The molecule has 0 spiro atoms. The Hall–Kier alpha value is -0.120. The molecule has 0 aromatic rings. The van der Waals surface area contributed by atoms with E-state index in [1.54, 1.807) is 0 Å². The van der Waals surface area contributed by atoms with Crippen molar-refractivity contribution < 1.29 is 4.74 Å². The van der Waals surface area contributed by atoms with E-state index in [1.807, 2.05) is 7.11 Å². The number of nitrogens with one attached hydrogen (secondary N) is 1. The van der Waals surface area contributed by atoms with Crippen molar-refractivity contribution in [2.24, 2.45) is 5.73 Å². The number of hydrogen-bond acceptors (Lipinski definition) is 3. The molecular formula is C12H24N2O. The van der Waals surface area contributed by atoms with Crippen LogP contribution in [-0.4, -0.2) is 31.3 Å². The van der Waals surface area contributed by atoms with Gasteiger partial charge in [0.25, 0.3) is 0 Å². The van der Waals surface area contributed by atoms with Crippen molar-refractivity contribution in [2.75, 3.05) is 13.7 Å². The number of hydrogen-bond donors (Lipinski definition) is 2. The highest BCUT2D eigenvalue weighted by Crippen LogP contribution is 2.34. The highest BCUT2D eigenvalue weighted by atomic mass is 16.5. The lowest BCUT2D eigenvalue weighted by Crippen LogP contribution is -2.51. The fraction of sp³-hybridized carbons (Fsp3) is 1.00. The van der Waals surface area contributed by atoms with Crippen LogP contribution in [0.15, 0.2) is 0 Å². The molecule has 0 radical (unpaired) electrons. The first kappa shape index (κ1) is 11.4. The minimum Gasteiger partial charge on any atom is -0.377 e. The summed E-state index contributed by atoms with van der Waals surface area (Å²) in [7, 11) is 1.84. The van der Waals surface area contributed by atoms with E-state index in [1.165, 1.54) is 38.5 Å². The first-order valence-electron chi connectivity index (χ1n) is 6.28. The lowest BCUT2D eigenvalue weighted by Gasteiger charge is -2.42. The summed E-state index contributed by atoms with van der Waals surface area (Å²) in [5.74, 6) is 0. The molecule has 3 nitrogen and oxygen atoms in total. The molecule has 2 aliphatic carbocycles. The Balaban J connectivity index is 1.72. The average Bonchev–Trinajstić information content (AvgIpc) is 2.17. The van der Waals surface area contributed by atoms with Crippen LogP contribution in [-0.2, 0) is 4.74 Å². The average molecular weight is 212 g/mol. The predicted octanol–water partition coefficient (Wildman–Crippen LogP) is 1.41. The lowest BCUT2D eigenvalue weighted by molar-refractivity contribution is -0.0714. The molecule has 0 aliphatic heterocycles. The van der Waals surface area contributed by atoms with Crippen LogP contribution in [0.4, 0.5) is 0 Å². The third-order valence-corrected chi connectivity index (χ3v) is 4.13. The molecule has 88 valence electrons. The van der Waals surface area contributed by atoms with Crippen molar-refractivity contribution in [1.82, 2.24) is 5.32 Å². The third-order valence-electron chi connectivity index (χ3n) is 4.13. The standard InChI is InChI=1S/C12H24N2O/c1-15-12(6-3-7-12)9-14-11-5-2-4-10(13)8-11/h10-11,14H,2-9,13H2,1H3. The van der Waals surface area contributed by atoms with Gasteiger partial charge in [-0.3, -0.25) is 0 Å². The second-order valence-electron chi connectivity index (χ2n) is 5.25. The summed E-state index contributed by atoms with van der Waals surface area (Å²) in [6.07, 6.45) is 8.66. The molecule has 15 heavy (non-hydrogen) atoms. The van der Waals surface area contributed by atoms with Gasteiger partial charge in [0.2, 0.25) is 0 Å². The number of methoxy groups -OCH3 is 1. The lowest BCUT2D eigenvalue weighted by atomic mass is 9.79. The predicted molar refractivity (Wildman–Crippen MR) is 61.8 cm³/mol. The zero-order valence-electron chi connectivity index (χ0n) is 9.80. The smallest absolute Gasteiger partial charge is 0.0802 e. The number of rotatable bonds is 4. The monoisotopic (exact) mass is 212 g/mol. The van der Waals surface area contributed by atoms with Gasteiger partial charge in [-0.2, -0.15) is 0 Å². The summed E-state index contributed by atoms with van der Waals surface area (Å²) >= 11 is 0. The van der Waals surface area contributed by atoms with E-state index in [4.69, 9.17) is 10.5 Å². The van der Waals surface area contributed by atoms with Gasteiger partial charge < -0.3 is 15.8 Å². The van der Waals surface area contributed by atoms with E-state index < -0.39 is 0 Å². The van der Waals surface area contributed by atoms with Crippen LogP contribution in [0, 0.1) is 0 Å². The Morgan fingerprint density at radius 1 is 1.33 bits per heavy atom. The SMILES string of the molecule is COC1(CNC2CCCC(N)C2)CCC1. The molecule has 2 fully saturated rings. The molecule has 0 amide bonds. The van der Waals surface area contributed by atoms with E-state index in [0.29, 0.717) is 12.1 Å². The molecule has 0 bridgehead atoms. The summed E-state index contributed by atoms with van der Waals surface area (Å²) in [6, 6.07) is 1.04. The maximum Gasteiger partial charge on any atom is 0.0802 e. The quantitative estimate of drug-likeness (QED) is 0.741. The van der Waals surface area contributed by atoms with Crippen LogP contribution in [0.5, 0.6) is 0 Å². The fourth-order valence-electron chi connectivity index (χ4n) is 2.77. The van der Waals surface area contributed by atoms with Crippen molar-refractivity contribution in [3.05, 3.63) is 0 Å². The number of ether oxygens (including phenoxy) is 1. The Labute approximate surface area is 92.7 Å². The van der Waals surface area contributed by atoms with Crippen molar-refractivity contribution in [3.63, 3.8) is 0 Å². The molecular weight excluding hydrogens is 188 g/mol. The first-order chi connectivity index (χ1) is 7.24. The first-order valence-corrected chi connectivity index (χ1v) is 6.28. The minimum absolute atomic E-state index is 0.154. The van der Waals surface area contributed by atoms with Crippen LogP contribution >= 0.6 is 0 Å². The van der Waals surface area contributed by atoms with Crippen LogP contribution < -0.4 is 11.1 Å². The van der Waals surface area contributed by atoms with Gasteiger partial charge in [0.05, 0.1) is 5.60 Å². The van der Waals surface area contributed by atoms with Crippen molar-refractivity contribution in [1.29, 1.82) is 0 Å². The van der Waals surface area contributed by atoms with Gasteiger partial charge >= 0.3 is 0 Å². The molecule has 2 saturated carbocycles. The Morgan fingerprint density at radius 3 is 2.67 bits per heavy atom. The maximum atomic E-state index is 5.97. The maximum absolute atomic E-state index is 5.97. The molecule has 2 rings (SSSR count). The van der Waals surface area contributed by atoms with Crippen molar-refractivity contribution in [2.45, 2.75) is 62.6 Å². The molecule has 0 aromatic heterocycles. The zero-order valence-corrected chi connectivity index (χ0v) is 9.80. The van der Waals surface area contributed by atoms with Gasteiger partial charge in [-0.1, -0.05) is 6.42 Å². The second kappa shape index (κ2) is 4.81. The van der Waals surface area contributed by atoms with Gasteiger partial charge in [0, 0.05) is 25.7 Å². The fourth-order valence-corrected chi connectivity index (χ4v) is 2.77. The highest BCUT2D eigenvalue weighted by molar-refractivity contribution is 4.93. The second-order valence-corrected chi connectivity index (χ2v) is 5.25. The van der Waals surface area contributed by atoms with Crippen molar-refractivity contribution >= 4 is 0 Å². The summed E-state index contributed by atoms with van der Waals surface area (Å²) < 4.78 is 5.60. The molecule has 0 saturated heterocycles. The molecule has 0 heterocycles. The summed E-state index contributed by atoms with van der Waals surface area (Å²) in [6.45, 7) is 1.01. The van der Waals surface area contributed by atoms with Crippen LogP contribution in [0.3, 0.4) is 0 Å². The van der Waals surface area contributed by atoms with Crippen molar-refractivity contribution in [3.8, 4) is 0 Å². The summed E-state index contributed by atoms with van der Waals surface area (Å²) in [5.41, 5.74) is 6.13. The minimum atomic E-state index is 0.154. The van der Waals surface area contributed by atoms with E-state index in [-0.39, 0.29) is 5.60 Å². The van der Waals surface area contributed by atoms with Crippen LogP contribution in [0.25, 0.3) is 0 Å². The molecule has 3 heteroatoms. The van der Waals surface area contributed by atoms with Crippen LogP contribution in [0.2, 0.25) is 0 Å². The van der Waals surface area contributed by atoms with Gasteiger partial charge in [0.15, 0.2) is 0 Å². The van der Waals surface area contributed by atoms with Gasteiger partial charge in [-0.05, 0) is 38.5 Å². The summed E-state index contributed by atoms with van der Waals surface area (Å²) in [4.78, 5) is 0. The topological polar surface area (TPSA) is 47.3 Å². The molecule has 0 aromatic carbocycles. The van der Waals surface area contributed by atoms with E-state index in [9.17, 15) is 0 Å². The zero-order chi connectivity index (χ0) is 10.7. The third kappa shape index (κ3) is 2.71. The number of nitrogens with two attached hydrogens (primary N) is 1. The molecule has 2 unspecified atom stereocenters. The van der Waals surface area contributed by atoms with E-state index in [0.717, 1.165) is 13.0 Å². The molecule has 3 N–H and O–H groups in total. The Kier molecular flexibility index (Phi) is 3.65. The van der Waals surface area contributed by atoms with Gasteiger partial charge in [0.1, 0.15) is 0 Å². The largest absolute Gasteiger partial charge is 0.377 e. The molecule has 2 atom stereocenters.